The number of hydrogen-bond donors (Lipinski definition) is 0. The zero-order chi connectivity index (χ0) is 13.8. The highest BCUT2D eigenvalue weighted by Crippen LogP contribution is 2.40. The minimum Gasteiger partial charge on any atom is -0.234 e. The molecule has 0 aromatic heterocycles. The molecule has 0 saturated heterocycles. The minimum atomic E-state index is -1.92. The second-order valence-electron chi connectivity index (χ2n) is 5.11. The van der Waals surface area contributed by atoms with Gasteiger partial charge in [-0.1, -0.05) is 38.3 Å². The summed E-state index contributed by atoms with van der Waals surface area (Å²) in [6, 6.07) is 4.42. The lowest BCUT2D eigenvalue weighted by atomic mass is 9.87. The standard InChI is InChI=1S/C16H19F3/c1-2-3-4-5-7-12-10-11-8-6-9-13(17)14(11)16(19)15(12)18/h6,8-9,16H,2-5,7,10H2,1H3. The number of hydrogen-bond acceptors (Lipinski definition) is 0. The summed E-state index contributed by atoms with van der Waals surface area (Å²) in [5, 5.41) is 0. The average Bonchev–Trinajstić information content (AvgIpc) is 2.40. The van der Waals surface area contributed by atoms with Crippen LogP contribution >= 0.6 is 0 Å². The van der Waals surface area contributed by atoms with Gasteiger partial charge in [-0.25, -0.2) is 13.2 Å². The number of benzene rings is 1. The molecular formula is C16H19F3. The van der Waals surface area contributed by atoms with Gasteiger partial charge in [0.25, 0.3) is 0 Å². The fourth-order valence-corrected chi connectivity index (χ4v) is 2.61. The quantitative estimate of drug-likeness (QED) is 0.611. The zero-order valence-corrected chi connectivity index (χ0v) is 11.2. The first-order valence-electron chi connectivity index (χ1n) is 6.94. The van der Waals surface area contributed by atoms with E-state index in [1.54, 1.807) is 12.1 Å². The molecule has 1 aromatic rings. The van der Waals surface area contributed by atoms with E-state index in [0.717, 1.165) is 25.7 Å². The summed E-state index contributed by atoms with van der Waals surface area (Å²) in [5.41, 5.74) is 0.971. The van der Waals surface area contributed by atoms with Crippen molar-refractivity contribution >= 4 is 0 Å². The van der Waals surface area contributed by atoms with E-state index in [0.29, 0.717) is 24.0 Å². The van der Waals surface area contributed by atoms with E-state index >= 15 is 0 Å². The molecule has 0 bridgehead atoms. The van der Waals surface area contributed by atoms with Crippen LogP contribution in [0.2, 0.25) is 0 Å². The van der Waals surface area contributed by atoms with Crippen molar-refractivity contribution in [1.82, 2.24) is 0 Å². The lowest BCUT2D eigenvalue weighted by molar-refractivity contribution is 0.310. The normalized spacial score (nSPS) is 18.6. The summed E-state index contributed by atoms with van der Waals surface area (Å²) in [7, 11) is 0. The molecule has 1 aliphatic rings. The molecule has 1 unspecified atom stereocenters. The molecule has 0 N–H and O–H groups in total. The summed E-state index contributed by atoms with van der Waals surface area (Å²) < 4.78 is 41.5. The lowest BCUT2D eigenvalue weighted by Gasteiger charge is -2.22. The van der Waals surface area contributed by atoms with Crippen LogP contribution in [0.5, 0.6) is 0 Å². The molecule has 1 aliphatic carbocycles. The first-order chi connectivity index (χ1) is 9.15. The Kier molecular flexibility index (Phi) is 4.67. The van der Waals surface area contributed by atoms with Crippen molar-refractivity contribution in [2.75, 3.05) is 0 Å². The van der Waals surface area contributed by atoms with Crippen LogP contribution in [-0.4, -0.2) is 0 Å². The van der Waals surface area contributed by atoms with E-state index < -0.39 is 17.8 Å². The summed E-state index contributed by atoms with van der Waals surface area (Å²) in [6.07, 6.45) is 3.11. The van der Waals surface area contributed by atoms with Crippen molar-refractivity contribution in [3.8, 4) is 0 Å². The topological polar surface area (TPSA) is 0 Å². The number of alkyl halides is 1. The largest absolute Gasteiger partial charge is 0.234 e. The molecule has 3 heteroatoms. The molecule has 0 aliphatic heterocycles. The number of fused-ring (bicyclic) bond motifs is 1. The molecule has 0 saturated carbocycles. The number of unbranched alkanes of at least 4 members (excludes halogenated alkanes) is 3. The van der Waals surface area contributed by atoms with E-state index in [2.05, 4.69) is 6.92 Å². The van der Waals surface area contributed by atoms with Crippen molar-refractivity contribution in [3.63, 3.8) is 0 Å². The molecule has 1 atom stereocenters. The Balaban J connectivity index is 2.13. The molecule has 19 heavy (non-hydrogen) atoms. The van der Waals surface area contributed by atoms with E-state index in [9.17, 15) is 13.2 Å². The molecule has 104 valence electrons. The Labute approximate surface area is 112 Å². The Morgan fingerprint density at radius 2 is 1.95 bits per heavy atom. The van der Waals surface area contributed by atoms with Gasteiger partial charge in [-0.05, 0) is 36.5 Å². The van der Waals surface area contributed by atoms with Crippen LogP contribution in [0, 0.1) is 5.82 Å². The molecular weight excluding hydrogens is 249 g/mol. The van der Waals surface area contributed by atoms with Gasteiger partial charge in [0.2, 0.25) is 0 Å². The number of allylic oxidation sites excluding steroid dienone is 2. The molecule has 0 radical (unpaired) electrons. The highest BCUT2D eigenvalue weighted by Gasteiger charge is 2.30. The van der Waals surface area contributed by atoms with Crippen LogP contribution in [-0.2, 0) is 6.42 Å². The number of rotatable bonds is 5. The van der Waals surface area contributed by atoms with Gasteiger partial charge in [0.05, 0.1) is 0 Å². The maximum absolute atomic E-state index is 14.0. The SMILES string of the molecule is CCCCCCC1=C(F)C(F)c2c(F)cccc2C1. The third kappa shape index (κ3) is 3.02. The second-order valence-corrected chi connectivity index (χ2v) is 5.11. The maximum Gasteiger partial charge on any atom is 0.179 e. The molecule has 2 rings (SSSR count). The number of halogens is 3. The Bertz CT molecular complexity index is 477. The van der Waals surface area contributed by atoms with Crippen molar-refractivity contribution in [3.05, 3.63) is 46.5 Å². The molecule has 1 aromatic carbocycles. The highest BCUT2D eigenvalue weighted by atomic mass is 19.2. The van der Waals surface area contributed by atoms with Gasteiger partial charge >= 0.3 is 0 Å². The fraction of sp³-hybridized carbons (Fsp3) is 0.500. The van der Waals surface area contributed by atoms with Crippen LogP contribution in [0.1, 0.15) is 56.3 Å². The van der Waals surface area contributed by atoms with E-state index in [1.165, 1.54) is 6.07 Å². The average molecular weight is 268 g/mol. The summed E-state index contributed by atoms with van der Waals surface area (Å²) in [5.74, 6) is -1.42. The highest BCUT2D eigenvalue weighted by molar-refractivity contribution is 5.42. The van der Waals surface area contributed by atoms with Crippen molar-refractivity contribution < 1.29 is 13.2 Å². The van der Waals surface area contributed by atoms with Crippen LogP contribution in [0.15, 0.2) is 29.6 Å². The zero-order valence-electron chi connectivity index (χ0n) is 11.2. The van der Waals surface area contributed by atoms with Gasteiger partial charge in [0, 0.05) is 5.56 Å². The van der Waals surface area contributed by atoms with E-state index in [4.69, 9.17) is 0 Å². The van der Waals surface area contributed by atoms with Crippen molar-refractivity contribution in [1.29, 1.82) is 0 Å². The monoisotopic (exact) mass is 268 g/mol. The third-order valence-electron chi connectivity index (χ3n) is 3.69. The van der Waals surface area contributed by atoms with Crippen LogP contribution in [0.25, 0.3) is 0 Å². The van der Waals surface area contributed by atoms with E-state index in [1.807, 2.05) is 0 Å². The van der Waals surface area contributed by atoms with Gasteiger partial charge < -0.3 is 0 Å². The molecule has 0 nitrogen and oxygen atoms in total. The van der Waals surface area contributed by atoms with Gasteiger partial charge in [0.1, 0.15) is 11.6 Å². The van der Waals surface area contributed by atoms with Gasteiger partial charge in [-0.3, -0.25) is 0 Å². The predicted octanol–water partition coefficient (Wildman–Crippen LogP) is 5.59. The van der Waals surface area contributed by atoms with Crippen LogP contribution < -0.4 is 0 Å². The van der Waals surface area contributed by atoms with E-state index in [-0.39, 0.29) is 5.56 Å². The lowest BCUT2D eigenvalue weighted by Crippen LogP contribution is -2.12. The first-order valence-corrected chi connectivity index (χ1v) is 6.94. The molecule has 0 heterocycles. The van der Waals surface area contributed by atoms with Gasteiger partial charge in [0.15, 0.2) is 6.17 Å². The maximum atomic E-state index is 14.0. The van der Waals surface area contributed by atoms with Gasteiger partial charge in [-0.2, -0.15) is 0 Å². The van der Waals surface area contributed by atoms with Crippen molar-refractivity contribution in [2.45, 2.75) is 51.6 Å². The predicted molar refractivity (Wildman–Crippen MR) is 70.8 cm³/mol. The Morgan fingerprint density at radius 1 is 1.16 bits per heavy atom. The Hall–Kier alpha value is -1.25. The molecule has 0 spiro atoms. The third-order valence-corrected chi connectivity index (χ3v) is 3.69. The van der Waals surface area contributed by atoms with Gasteiger partial charge in [-0.15, -0.1) is 0 Å². The smallest absolute Gasteiger partial charge is 0.179 e. The minimum absolute atomic E-state index is 0.114. The van der Waals surface area contributed by atoms with Crippen LogP contribution in [0.4, 0.5) is 13.2 Å². The summed E-state index contributed by atoms with van der Waals surface area (Å²) >= 11 is 0. The first kappa shape index (κ1) is 14.2. The second kappa shape index (κ2) is 6.27. The molecule has 0 amide bonds. The Morgan fingerprint density at radius 3 is 2.68 bits per heavy atom. The summed E-state index contributed by atoms with van der Waals surface area (Å²) in [6.45, 7) is 2.11. The van der Waals surface area contributed by atoms with Crippen LogP contribution in [0.3, 0.4) is 0 Å². The summed E-state index contributed by atoms with van der Waals surface area (Å²) in [4.78, 5) is 0. The van der Waals surface area contributed by atoms with Crippen molar-refractivity contribution in [2.24, 2.45) is 0 Å². The fourth-order valence-electron chi connectivity index (χ4n) is 2.61. The molecule has 0 fully saturated rings.